The van der Waals surface area contributed by atoms with Crippen LogP contribution in [-0.2, 0) is 15.1 Å². The lowest BCUT2D eigenvalue weighted by Crippen LogP contribution is -2.46. The van der Waals surface area contributed by atoms with Crippen molar-refractivity contribution >= 4 is 5.97 Å². The predicted molar refractivity (Wildman–Crippen MR) is 110 cm³/mol. The molecule has 0 aliphatic heterocycles. The van der Waals surface area contributed by atoms with E-state index in [1.807, 2.05) is 0 Å². The fraction of sp³-hybridized carbons (Fsp3) is 0.650. The third-order valence-corrected chi connectivity index (χ3v) is 5.75. The SMILES string of the molecule is O=C(O)CN(CCOCC(O)(c1c(O)c(O)c(O)c(O)c1O)C1CCCCC1)CC(O)(O)O. The van der Waals surface area contributed by atoms with Crippen molar-refractivity contribution in [2.75, 3.05) is 32.8 Å². The number of benzene rings is 1. The average molecular weight is 477 g/mol. The van der Waals surface area contributed by atoms with Crippen molar-refractivity contribution in [3.63, 3.8) is 0 Å². The first kappa shape index (κ1) is 26.7. The molecule has 1 aliphatic rings. The first-order valence-electron chi connectivity index (χ1n) is 10.4. The van der Waals surface area contributed by atoms with Crippen LogP contribution < -0.4 is 0 Å². The number of aromatic hydroxyl groups is 5. The number of carboxylic acids is 1. The Morgan fingerprint density at radius 3 is 1.88 bits per heavy atom. The summed E-state index contributed by atoms with van der Waals surface area (Å²) in [5, 5.41) is 98.1. The molecule has 1 unspecified atom stereocenters. The van der Waals surface area contributed by atoms with Crippen LogP contribution in [0.25, 0.3) is 0 Å². The molecule has 0 aromatic heterocycles. The monoisotopic (exact) mass is 477 g/mol. The standard InChI is InChI=1S/C20H31NO12/c22-12(23)8-21(9-20(30,31)32)6-7-33-10-19(29,11-4-2-1-3-5-11)13-14(24)16(26)18(28)17(27)15(13)25/h11,24-32H,1-10H2,(H,22,23). The van der Waals surface area contributed by atoms with Gasteiger partial charge in [0.15, 0.2) is 11.5 Å². The van der Waals surface area contributed by atoms with Crippen LogP contribution in [0.5, 0.6) is 28.7 Å². The quantitative estimate of drug-likeness (QED) is 0.0799. The molecule has 33 heavy (non-hydrogen) atoms. The van der Waals surface area contributed by atoms with E-state index in [1.54, 1.807) is 0 Å². The molecule has 1 atom stereocenters. The van der Waals surface area contributed by atoms with Crippen molar-refractivity contribution in [1.82, 2.24) is 4.90 Å². The van der Waals surface area contributed by atoms with Crippen LogP contribution in [0, 0.1) is 5.92 Å². The van der Waals surface area contributed by atoms with Crippen LogP contribution in [-0.4, -0.2) is 101 Å². The van der Waals surface area contributed by atoms with Gasteiger partial charge in [0.25, 0.3) is 5.97 Å². The molecular formula is C20H31NO12. The highest BCUT2D eigenvalue weighted by Crippen LogP contribution is 2.56. The van der Waals surface area contributed by atoms with E-state index < -0.39 is 77.5 Å². The Balaban J connectivity index is 2.26. The largest absolute Gasteiger partial charge is 0.504 e. The van der Waals surface area contributed by atoms with Crippen LogP contribution in [0.3, 0.4) is 0 Å². The Bertz CT molecular complexity index is 804. The van der Waals surface area contributed by atoms with E-state index in [4.69, 9.17) is 25.2 Å². The van der Waals surface area contributed by atoms with Crippen molar-refractivity contribution in [1.29, 1.82) is 0 Å². The Morgan fingerprint density at radius 2 is 1.39 bits per heavy atom. The third-order valence-electron chi connectivity index (χ3n) is 5.75. The van der Waals surface area contributed by atoms with Crippen LogP contribution >= 0.6 is 0 Å². The maximum absolute atomic E-state index is 11.5. The summed E-state index contributed by atoms with van der Waals surface area (Å²) in [5.41, 5.74) is -2.73. The number of carbonyl (C=O) groups is 1. The first-order valence-corrected chi connectivity index (χ1v) is 10.4. The highest BCUT2D eigenvalue weighted by molar-refractivity contribution is 5.69. The van der Waals surface area contributed by atoms with Crippen molar-refractivity contribution in [3.05, 3.63) is 5.56 Å². The number of hydrogen-bond donors (Lipinski definition) is 10. The third kappa shape index (κ3) is 6.50. The van der Waals surface area contributed by atoms with Gasteiger partial charge in [-0.05, 0) is 18.8 Å². The summed E-state index contributed by atoms with van der Waals surface area (Å²) in [7, 11) is 0. The molecule has 0 amide bonds. The molecule has 1 saturated carbocycles. The van der Waals surface area contributed by atoms with Gasteiger partial charge in [0.2, 0.25) is 17.2 Å². The van der Waals surface area contributed by atoms with E-state index in [2.05, 4.69) is 0 Å². The number of carboxylic acid groups (broad SMARTS) is 1. The molecule has 0 heterocycles. The van der Waals surface area contributed by atoms with Gasteiger partial charge in [-0.3, -0.25) is 9.69 Å². The average Bonchev–Trinajstić information content (AvgIpc) is 2.73. The van der Waals surface area contributed by atoms with Gasteiger partial charge in [0.1, 0.15) is 5.60 Å². The van der Waals surface area contributed by atoms with Crippen molar-refractivity contribution in [2.24, 2.45) is 5.92 Å². The Kier molecular flexibility index (Phi) is 8.57. The molecule has 0 spiro atoms. The van der Waals surface area contributed by atoms with Gasteiger partial charge in [0, 0.05) is 6.54 Å². The topological polar surface area (TPSA) is 232 Å². The van der Waals surface area contributed by atoms with E-state index in [1.165, 1.54) is 0 Å². The van der Waals surface area contributed by atoms with Gasteiger partial charge in [0.05, 0.1) is 31.9 Å². The Labute approximate surface area is 189 Å². The molecule has 0 bridgehead atoms. The van der Waals surface area contributed by atoms with Gasteiger partial charge >= 0.3 is 5.97 Å². The molecule has 1 aromatic carbocycles. The van der Waals surface area contributed by atoms with Gasteiger partial charge in [-0.1, -0.05) is 19.3 Å². The minimum Gasteiger partial charge on any atom is -0.504 e. The predicted octanol–water partition coefficient (Wildman–Crippen LogP) is -0.984. The zero-order valence-electron chi connectivity index (χ0n) is 17.9. The molecule has 13 nitrogen and oxygen atoms in total. The van der Waals surface area contributed by atoms with Gasteiger partial charge in [-0.2, -0.15) is 0 Å². The first-order chi connectivity index (χ1) is 15.3. The Morgan fingerprint density at radius 1 is 0.879 bits per heavy atom. The zero-order chi connectivity index (χ0) is 25.0. The van der Waals surface area contributed by atoms with E-state index in [9.17, 15) is 35.4 Å². The van der Waals surface area contributed by atoms with E-state index in [-0.39, 0.29) is 13.2 Å². The van der Waals surface area contributed by atoms with Crippen molar-refractivity contribution < 1.29 is 60.6 Å². The number of phenolic OH excluding ortho intramolecular Hbond substituents is 5. The molecule has 0 saturated heterocycles. The molecule has 13 heteroatoms. The summed E-state index contributed by atoms with van der Waals surface area (Å²) >= 11 is 0. The number of ether oxygens (including phenoxy) is 1. The van der Waals surface area contributed by atoms with Gasteiger partial charge in [-0.25, -0.2) is 0 Å². The molecule has 2 rings (SSSR count). The van der Waals surface area contributed by atoms with Gasteiger partial charge in [-0.15, -0.1) is 0 Å². The number of aliphatic hydroxyl groups is 4. The van der Waals surface area contributed by atoms with E-state index in [0.717, 1.165) is 24.2 Å². The number of hydrogen-bond acceptors (Lipinski definition) is 12. The molecule has 1 aliphatic carbocycles. The lowest BCUT2D eigenvalue weighted by Gasteiger charge is -2.39. The highest BCUT2D eigenvalue weighted by Gasteiger charge is 2.45. The highest BCUT2D eigenvalue weighted by atomic mass is 16.7. The zero-order valence-corrected chi connectivity index (χ0v) is 17.9. The minimum atomic E-state index is -3.14. The second kappa shape index (κ2) is 10.6. The molecule has 1 aromatic rings. The normalized spacial score (nSPS) is 17.2. The molecule has 10 N–H and O–H groups in total. The number of nitrogens with zero attached hydrogens (tertiary/aromatic N) is 1. The van der Waals surface area contributed by atoms with E-state index >= 15 is 0 Å². The second-order valence-electron chi connectivity index (χ2n) is 8.31. The van der Waals surface area contributed by atoms with Gasteiger partial charge < -0.3 is 55.8 Å². The van der Waals surface area contributed by atoms with E-state index in [0.29, 0.717) is 12.8 Å². The lowest BCUT2D eigenvalue weighted by molar-refractivity contribution is -0.317. The fourth-order valence-corrected chi connectivity index (χ4v) is 4.20. The second-order valence-corrected chi connectivity index (χ2v) is 8.31. The molecule has 0 radical (unpaired) electrons. The summed E-state index contributed by atoms with van der Waals surface area (Å²) in [4.78, 5) is 11.9. The minimum absolute atomic E-state index is 0.208. The van der Waals surface area contributed by atoms with Crippen LogP contribution in [0.15, 0.2) is 0 Å². The van der Waals surface area contributed by atoms with Crippen molar-refractivity contribution in [3.8, 4) is 28.7 Å². The molecular weight excluding hydrogens is 446 g/mol. The van der Waals surface area contributed by atoms with Crippen LogP contribution in [0.2, 0.25) is 0 Å². The van der Waals surface area contributed by atoms with Crippen molar-refractivity contribution in [2.45, 2.75) is 43.7 Å². The summed E-state index contributed by atoms with van der Waals surface area (Å²) in [6.45, 7) is -2.51. The Hall–Kier alpha value is -2.55. The summed E-state index contributed by atoms with van der Waals surface area (Å²) in [5.74, 6) is -10.5. The summed E-state index contributed by atoms with van der Waals surface area (Å²) < 4.78 is 5.48. The smallest absolute Gasteiger partial charge is 0.317 e. The number of rotatable bonds is 11. The summed E-state index contributed by atoms with van der Waals surface area (Å²) in [6, 6.07) is 0. The number of aliphatic carboxylic acids is 1. The maximum Gasteiger partial charge on any atom is 0.317 e. The van der Waals surface area contributed by atoms with Crippen LogP contribution in [0.1, 0.15) is 37.7 Å². The van der Waals surface area contributed by atoms with Crippen LogP contribution in [0.4, 0.5) is 0 Å². The summed E-state index contributed by atoms with van der Waals surface area (Å²) in [6.07, 6.45) is 3.28. The maximum atomic E-state index is 11.5. The molecule has 1 fully saturated rings. The number of phenols is 5. The lowest BCUT2D eigenvalue weighted by atomic mass is 9.73. The fourth-order valence-electron chi connectivity index (χ4n) is 4.20. The molecule has 188 valence electrons.